The molecule has 0 bridgehead atoms. The fraction of sp³-hybridized carbons (Fsp3) is 0.733. The minimum atomic E-state index is -4.90. The first-order valence-electron chi connectivity index (χ1n) is 8.80. The van der Waals surface area contributed by atoms with Crippen LogP contribution in [0.4, 0.5) is 0 Å². The number of ether oxygens (including phenoxy) is 3. The van der Waals surface area contributed by atoms with Crippen molar-refractivity contribution in [2.24, 2.45) is 0 Å². The Morgan fingerprint density at radius 1 is 1.13 bits per heavy atom. The Bertz CT molecular complexity index is 800. The summed E-state index contributed by atoms with van der Waals surface area (Å²) in [5, 5.41) is 51.7. The number of carboxylic acid groups (broad SMARTS) is 1. The van der Waals surface area contributed by atoms with Crippen LogP contribution in [-0.4, -0.2) is 113 Å². The Kier molecular flexibility index (Phi) is 8.31. The standard InChI is InChI=1S/C15H23NO14S/c1-5(17)16-10-13(12(20)9(30-15(10)23)4-28-31(24,25)26)27-3-8-11(19)6(18)2-7(29-8)14(21)22/h2,6,8-13,15,18-20,23H,3-4H2,1H3,(H,16,17)(H,21,22)(H,24,25,26)/t6-,8-,9+,10+,11+,12-,13+,15+/m0/s1. The Labute approximate surface area is 175 Å². The molecule has 0 aromatic heterocycles. The minimum Gasteiger partial charge on any atom is -0.478 e. The molecule has 2 aliphatic heterocycles. The van der Waals surface area contributed by atoms with Crippen molar-refractivity contribution in [2.45, 2.75) is 55.9 Å². The number of aliphatic carboxylic acids is 1. The van der Waals surface area contributed by atoms with E-state index in [0.717, 1.165) is 13.0 Å². The van der Waals surface area contributed by atoms with E-state index in [4.69, 9.17) is 23.9 Å². The first-order chi connectivity index (χ1) is 14.3. The molecule has 16 heteroatoms. The van der Waals surface area contributed by atoms with E-state index in [1.165, 1.54) is 0 Å². The van der Waals surface area contributed by atoms with Gasteiger partial charge in [0.25, 0.3) is 0 Å². The number of carbonyl (C=O) groups is 2. The molecule has 0 radical (unpaired) electrons. The van der Waals surface area contributed by atoms with Gasteiger partial charge in [0.05, 0.1) is 13.2 Å². The van der Waals surface area contributed by atoms with Crippen LogP contribution in [0, 0.1) is 0 Å². The van der Waals surface area contributed by atoms with Crippen molar-refractivity contribution < 1.29 is 66.5 Å². The third-order valence-corrected chi connectivity index (χ3v) is 4.87. The third-order valence-electron chi connectivity index (χ3n) is 4.44. The monoisotopic (exact) mass is 473 g/mol. The topological polar surface area (TPSA) is 239 Å². The molecule has 1 amide bonds. The van der Waals surface area contributed by atoms with Crippen molar-refractivity contribution in [3.05, 3.63) is 11.8 Å². The molecular formula is C15H23NO14S. The molecule has 15 nitrogen and oxygen atoms in total. The Morgan fingerprint density at radius 3 is 2.32 bits per heavy atom. The van der Waals surface area contributed by atoms with Gasteiger partial charge in [0.2, 0.25) is 11.7 Å². The Hall–Kier alpha value is -1.89. The summed E-state index contributed by atoms with van der Waals surface area (Å²) in [6, 6.07) is -1.38. The number of nitrogens with one attached hydrogen (secondary N) is 1. The number of hydrogen-bond donors (Lipinski definition) is 7. The smallest absolute Gasteiger partial charge is 0.397 e. The van der Waals surface area contributed by atoms with Crippen LogP contribution in [0.5, 0.6) is 0 Å². The molecule has 0 aromatic rings. The normalized spacial score (nSPS) is 36.3. The third kappa shape index (κ3) is 6.79. The van der Waals surface area contributed by atoms with E-state index in [9.17, 15) is 38.4 Å². The van der Waals surface area contributed by atoms with E-state index < -0.39 is 90.2 Å². The van der Waals surface area contributed by atoms with Gasteiger partial charge in [-0.3, -0.25) is 9.35 Å². The van der Waals surface area contributed by atoms with Gasteiger partial charge >= 0.3 is 16.4 Å². The predicted molar refractivity (Wildman–Crippen MR) is 94.3 cm³/mol. The van der Waals surface area contributed by atoms with Crippen LogP contribution in [0.15, 0.2) is 11.8 Å². The molecule has 1 saturated heterocycles. The van der Waals surface area contributed by atoms with Gasteiger partial charge in [-0.25, -0.2) is 8.98 Å². The second-order valence-electron chi connectivity index (χ2n) is 6.77. The molecule has 31 heavy (non-hydrogen) atoms. The summed E-state index contributed by atoms with van der Waals surface area (Å²) in [7, 11) is -4.90. The van der Waals surface area contributed by atoms with E-state index >= 15 is 0 Å². The summed E-state index contributed by atoms with van der Waals surface area (Å²) in [5.74, 6) is -2.82. The molecule has 0 aromatic carbocycles. The molecule has 0 unspecified atom stereocenters. The van der Waals surface area contributed by atoms with Gasteiger partial charge in [0.1, 0.15) is 36.6 Å². The average molecular weight is 473 g/mol. The second-order valence-corrected chi connectivity index (χ2v) is 7.86. The van der Waals surface area contributed by atoms with Crippen LogP contribution >= 0.6 is 0 Å². The fourth-order valence-corrected chi connectivity index (χ4v) is 3.32. The summed E-state index contributed by atoms with van der Waals surface area (Å²) >= 11 is 0. The highest BCUT2D eigenvalue weighted by atomic mass is 32.3. The molecular weight excluding hydrogens is 450 g/mol. The second kappa shape index (κ2) is 10.2. The summed E-state index contributed by atoms with van der Waals surface area (Å²) in [6.45, 7) is -0.450. The molecule has 178 valence electrons. The summed E-state index contributed by atoms with van der Waals surface area (Å²) in [5.41, 5.74) is 0. The average Bonchev–Trinajstić information content (AvgIpc) is 2.64. The lowest BCUT2D eigenvalue weighted by atomic mass is 9.96. The molecule has 7 N–H and O–H groups in total. The van der Waals surface area contributed by atoms with Crippen LogP contribution in [0.1, 0.15) is 6.92 Å². The number of aliphatic hydroxyl groups excluding tert-OH is 4. The quantitative estimate of drug-likeness (QED) is 0.166. The van der Waals surface area contributed by atoms with Gasteiger partial charge in [0.15, 0.2) is 12.4 Å². The van der Waals surface area contributed by atoms with Crippen molar-refractivity contribution in [3.8, 4) is 0 Å². The van der Waals surface area contributed by atoms with Crippen molar-refractivity contribution in [3.63, 3.8) is 0 Å². The zero-order valence-electron chi connectivity index (χ0n) is 16.0. The van der Waals surface area contributed by atoms with E-state index in [1.807, 2.05) is 0 Å². The number of rotatable bonds is 8. The van der Waals surface area contributed by atoms with Crippen LogP contribution < -0.4 is 5.32 Å². The summed E-state index contributed by atoms with van der Waals surface area (Å²) in [4.78, 5) is 22.5. The van der Waals surface area contributed by atoms with E-state index in [0.29, 0.717) is 0 Å². The maximum absolute atomic E-state index is 11.4. The zero-order valence-corrected chi connectivity index (χ0v) is 16.8. The molecule has 0 aliphatic carbocycles. The predicted octanol–water partition coefficient (Wildman–Crippen LogP) is -4.14. The highest BCUT2D eigenvalue weighted by molar-refractivity contribution is 7.80. The van der Waals surface area contributed by atoms with Gasteiger partial charge < -0.3 is 45.1 Å². The number of carbonyl (C=O) groups excluding carboxylic acids is 1. The maximum Gasteiger partial charge on any atom is 0.397 e. The number of carboxylic acids is 1. The Morgan fingerprint density at radius 2 is 1.77 bits per heavy atom. The molecule has 0 saturated carbocycles. The van der Waals surface area contributed by atoms with Gasteiger partial charge in [-0.15, -0.1) is 0 Å². The first-order valence-corrected chi connectivity index (χ1v) is 10.2. The molecule has 8 atom stereocenters. The van der Waals surface area contributed by atoms with Gasteiger partial charge in [-0.05, 0) is 6.08 Å². The lowest BCUT2D eigenvalue weighted by Gasteiger charge is -2.43. The highest BCUT2D eigenvalue weighted by Gasteiger charge is 2.47. The molecule has 2 rings (SSSR count). The summed E-state index contributed by atoms with van der Waals surface area (Å²) in [6.07, 6.45) is -10.4. The number of hydrogen-bond acceptors (Lipinski definition) is 12. The van der Waals surface area contributed by atoms with Gasteiger partial charge in [-0.2, -0.15) is 8.42 Å². The number of amides is 1. The molecule has 2 heterocycles. The van der Waals surface area contributed by atoms with E-state index in [-0.39, 0.29) is 0 Å². The van der Waals surface area contributed by atoms with Crippen LogP contribution in [0.25, 0.3) is 0 Å². The van der Waals surface area contributed by atoms with Gasteiger partial charge in [-0.1, -0.05) is 0 Å². The van der Waals surface area contributed by atoms with E-state index in [1.54, 1.807) is 0 Å². The van der Waals surface area contributed by atoms with Crippen molar-refractivity contribution in [1.29, 1.82) is 0 Å². The largest absolute Gasteiger partial charge is 0.478 e. The minimum absolute atomic E-state index is 0.626. The lowest BCUT2D eigenvalue weighted by Crippen LogP contribution is -2.65. The summed E-state index contributed by atoms with van der Waals surface area (Å²) < 4.78 is 49.8. The Balaban J connectivity index is 2.16. The molecule has 1 fully saturated rings. The molecule has 2 aliphatic rings. The zero-order chi connectivity index (χ0) is 23.5. The number of aliphatic hydroxyl groups is 4. The fourth-order valence-electron chi connectivity index (χ4n) is 3.02. The highest BCUT2D eigenvalue weighted by Crippen LogP contribution is 2.25. The van der Waals surface area contributed by atoms with Crippen molar-refractivity contribution in [1.82, 2.24) is 5.32 Å². The lowest BCUT2D eigenvalue weighted by molar-refractivity contribution is -0.265. The van der Waals surface area contributed by atoms with Crippen molar-refractivity contribution in [2.75, 3.05) is 13.2 Å². The van der Waals surface area contributed by atoms with E-state index in [2.05, 4.69) is 9.50 Å². The van der Waals surface area contributed by atoms with Crippen molar-refractivity contribution >= 4 is 22.3 Å². The SMILES string of the molecule is CC(=O)N[C@@H]1[C@@H](OC[C@@H]2OC(C(=O)O)=C[C@H](O)[C@H]2O)[C@@H](O)[C@@H](COS(=O)(=O)O)O[C@H]1O. The van der Waals surface area contributed by atoms with Crippen LogP contribution in [-0.2, 0) is 38.4 Å². The van der Waals surface area contributed by atoms with Gasteiger partial charge in [0, 0.05) is 6.92 Å². The van der Waals surface area contributed by atoms with Crippen LogP contribution in [0.3, 0.4) is 0 Å². The maximum atomic E-state index is 11.4. The molecule has 0 spiro atoms. The first kappa shape index (κ1) is 25.4. The van der Waals surface area contributed by atoms with Crippen LogP contribution in [0.2, 0.25) is 0 Å².